The highest BCUT2D eigenvalue weighted by Gasteiger charge is 2.43. The molecule has 3 heterocycles. The largest absolute Gasteiger partial charge is 0.383 e. The van der Waals surface area contributed by atoms with Crippen LogP contribution in [0.15, 0.2) is 36.9 Å². The molecule has 2 aromatic rings. The van der Waals surface area contributed by atoms with Crippen molar-refractivity contribution >= 4 is 11.6 Å². The molecule has 4 rings (SSSR count). The van der Waals surface area contributed by atoms with E-state index >= 15 is 0 Å². The van der Waals surface area contributed by atoms with Gasteiger partial charge in [-0.3, -0.25) is 4.98 Å². The molecule has 0 amide bonds. The SMILES string of the molecule is Cc1cnc(N2CCOC3C(CNc4cccnc4)CCC32)nc1. The topological polar surface area (TPSA) is 63.2 Å². The molecule has 3 unspecified atom stereocenters. The fourth-order valence-electron chi connectivity index (χ4n) is 3.78. The third-order valence-corrected chi connectivity index (χ3v) is 4.97. The molecule has 6 nitrogen and oxygen atoms in total. The molecule has 1 saturated heterocycles. The van der Waals surface area contributed by atoms with Gasteiger partial charge in [0.2, 0.25) is 5.95 Å². The number of anilines is 2. The number of aromatic nitrogens is 3. The van der Waals surface area contributed by atoms with E-state index in [1.165, 1.54) is 0 Å². The summed E-state index contributed by atoms with van der Waals surface area (Å²) >= 11 is 0. The lowest BCUT2D eigenvalue weighted by Gasteiger charge is -2.39. The van der Waals surface area contributed by atoms with Crippen LogP contribution in [0.4, 0.5) is 11.6 Å². The van der Waals surface area contributed by atoms with E-state index in [0.717, 1.165) is 49.7 Å². The number of nitrogens with one attached hydrogen (secondary N) is 1. The van der Waals surface area contributed by atoms with Crippen molar-refractivity contribution in [2.75, 3.05) is 29.9 Å². The van der Waals surface area contributed by atoms with Crippen molar-refractivity contribution in [3.8, 4) is 0 Å². The van der Waals surface area contributed by atoms with Crippen LogP contribution in [0.1, 0.15) is 18.4 Å². The molecule has 24 heavy (non-hydrogen) atoms. The maximum absolute atomic E-state index is 6.13. The molecule has 1 aliphatic heterocycles. The zero-order valence-electron chi connectivity index (χ0n) is 13.9. The van der Waals surface area contributed by atoms with Crippen LogP contribution in [0.3, 0.4) is 0 Å². The van der Waals surface area contributed by atoms with Crippen molar-refractivity contribution in [3.05, 3.63) is 42.5 Å². The van der Waals surface area contributed by atoms with E-state index in [2.05, 4.69) is 25.2 Å². The number of fused-ring (bicyclic) bond motifs is 1. The van der Waals surface area contributed by atoms with Crippen LogP contribution in [-0.2, 0) is 4.74 Å². The molecule has 126 valence electrons. The lowest BCUT2D eigenvalue weighted by molar-refractivity contribution is 0.000807. The lowest BCUT2D eigenvalue weighted by atomic mass is 10.0. The van der Waals surface area contributed by atoms with Crippen LogP contribution < -0.4 is 10.2 Å². The van der Waals surface area contributed by atoms with Gasteiger partial charge in [0.25, 0.3) is 0 Å². The number of hydrogen-bond donors (Lipinski definition) is 1. The Kier molecular flexibility index (Phi) is 4.30. The van der Waals surface area contributed by atoms with Gasteiger partial charge in [-0.05, 0) is 37.5 Å². The fraction of sp³-hybridized carbons (Fsp3) is 0.500. The molecule has 0 bridgehead atoms. The van der Waals surface area contributed by atoms with Crippen molar-refractivity contribution < 1.29 is 4.74 Å². The normalized spacial score (nSPS) is 26.2. The molecule has 2 aromatic heterocycles. The quantitative estimate of drug-likeness (QED) is 0.930. The number of hydrogen-bond acceptors (Lipinski definition) is 6. The second-order valence-electron chi connectivity index (χ2n) is 6.62. The summed E-state index contributed by atoms with van der Waals surface area (Å²) in [7, 11) is 0. The Morgan fingerprint density at radius 2 is 2.12 bits per heavy atom. The molecule has 1 saturated carbocycles. The minimum atomic E-state index is 0.243. The molecule has 0 spiro atoms. The summed E-state index contributed by atoms with van der Waals surface area (Å²) < 4.78 is 6.13. The molecule has 0 radical (unpaired) electrons. The molecule has 0 aromatic carbocycles. The van der Waals surface area contributed by atoms with Gasteiger partial charge in [-0.25, -0.2) is 9.97 Å². The first kappa shape index (κ1) is 15.3. The third-order valence-electron chi connectivity index (χ3n) is 4.97. The Hall–Kier alpha value is -2.21. The van der Waals surface area contributed by atoms with Gasteiger partial charge in [0.05, 0.1) is 24.4 Å². The Morgan fingerprint density at radius 3 is 2.92 bits per heavy atom. The molecule has 2 fully saturated rings. The number of ether oxygens (including phenoxy) is 1. The van der Waals surface area contributed by atoms with Crippen LogP contribution in [0.2, 0.25) is 0 Å². The average molecular weight is 325 g/mol. The summed E-state index contributed by atoms with van der Waals surface area (Å²) in [4.78, 5) is 15.5. The smallest absolute Gasteiger partial charge is 0.225 e. The lowest BCUT2D eigenvalue weighted by Crippen LogP contribution is -2.51. The van der Waals surface area contributed by atoms with Crippen molar-refractivity contribution in [1.29, 1.82) is 0 Å². The molecule has 1 N–H and O–H groups in total. The van der Waals surface area contributed by atoms with Gasteiger partial charge in [-0.15, -0.1) is 0 Å². The molecule has 2 aliphatic rings. The van der Waals surface area contributed by atoms with E-state index in [-0.39, 0.29) is 6.10 Å². The van der Waals surface area contributed by atoms with Crippen LogP contribution in [-0.4, -0.2) is 46.8 Å². The highest BCUT2D eigenvalue weighted by Crippen LogP contribution is 2.36. The number of nitrogens with zero attached hydrogens (tertiary/aromatic N) is 4. The minimum Gasteiger partial charge on any atom is -0.383 e. The van der Waals surface area contributed by atoms with Gasteiger partial charge >= 0.3 is 0 Å². The highest BCUT2D eigenvalue weighted by atomic mass is 16.5. The Balaban J connectivity index is 1.43. The Bertz CT molecular complexity index is 663. The van der Waals surface area contributed by atoms with Crippen molar-refractivity contribution in [3.63, 3.8) is 0 Å². The van der Waals surface area contributed by atoms with Crippen molar-refractivity contribution in [2.45, 2.75) is 31.9 Å². The summed E-state index contributed by atoms with van der Waals surface area (Å²) in [6, 6.07) is 4.38. The maximum atomic E-state index is 6.13. The van der Waals surface area contributed by atoms with Crippen LogP contribution >= 0.6 is 0 Å². The standard InChI is InChI=1S/C18H23N5O/c1-13-9-21-18(22-10-13)23-7-8-24-17-14(4-5-16(17)23)11-20-15-3-2-6-19-12-15/h2-3,6,9-10,12,14,16-17,20H,4-5,7-8,11H2,1H3. The van der Waals surface area contributed by atoms with Gasteiger partial charge in [-0.2, -0.15) is 0 Å². The van der Waals surface area contributed by atoms with Gasteiger partial charge < -0.3 is 15.0 Å². The first-order valence-electron chi connectivity index (χ1n) is 8.62. The first-order valence-corrected chi connectivity index (χ1v) is 8.62. The predicted octanol–water partition coefficient (Wildman–Crippen LogP) is 2.28. The van der Waals surface area contributed by atoms with Crippen molar-refractivity contribution in [1.82, 2.24) is 15.0 Å². The van der Waals surface area contributed by atoms with Gasteiger partial charge in [0.1, 0.15) is 0 Å². The highest BCUT2D eigenvalue weighted by molar-refractivity contribution is 5.40. The van der Waals surface area contributed by atoms with Crippen LogP contribution in [0.25, 0.3) is 0 Å². The summed E-state index contributed by atoms with van der Waals surface area (Å²) in [5.41, 5.74) is 2.16. The van der Waals surface area contributed by atoms with Crippen LogP contribution in [0.5, 0.6) is 0 Å². The third kappa shape index (κ3) is 3.06. The summed E-state index contributed by atoms with van der Waals surface area (Å²) in [6.07, 6.45) is 9.97. The van der Waals surface area contributed by atoms with E-state index in [1.807, 2.05) is 37.6 Å². The number of aryl methyl sites for hydroxylation is 1. The van der Waals surface area contributed by atoms with Crippen molar-refractivity contribution in [2.24, 2.45) is 5.92 Å². The van der Waals surface area contributed by atoms with E-state index < -0.39 is 0 Å². The van der Waals surface area contributed by atoms with Gasteiger partial charge in [0, 0.05) is 43.8 Å². The number of morpholine rings is 1. The molecular formula is C18H23N5O. The first-order chi connectivity index (χ1) is 11.8. The predicted molar refractivity (Wildman–Crippen MR) is 93.1 cm³/mol. The average Bonchev–Trinajstić information content (AvgIpc) is 3.05. The number of rotatable bonds is 4. The van der Waals surface area contributed by atoms with E-state index in [4.69, 9.17) is 4.74 Å². The second kappa shape index (κ2) is 6.73. The zero-order valence-corrected chi connectivity index (χ0v) is 13.9. The molecule has 1 aliphatic carbocycles. The summed E-state index contributed by atoms with van der Waals surface area (Å²) in [6.45, 7) is 4.53. The van der Waals surface area contributed by atoms with Gasteiger partial charge in [0.15, 0.2) is 0 Å². The van der Waals surface area contributed by atoms with E-state index in [1.54, 1.807) is 6.20 Å². The Labute approximate surface area is 142 Å². The minimum absolute atomic E-state index is 0.243. The summed E-state index contributed by atoms with van der Waals surface area (Å²) in [5, 5.41) is 3.49. The summed E-state index contributed by atoms with van der Waals surface area (Å²) in [5.74, 6) is 1.34. The maximum Gasteiger partial charge on any atom is 0.225 e. The van der Waals surface area contributed by atoms with E-state index in [9.17, 15) is 0 Å². The van der Waals surface area contributed by atoms with E-state index in [0.29, 0.717) is 12.0 Å². The molecular weight excluding hydrogens is 302 g/mol. The second-order valence-corrected chi connectivity index (χ2v) is 6.62. The molecule has 3 atom stereocenters. The fourth-order valence-corrected chi connectivity index (χ4v) is 3.78. The Morgan fingerprint density at radius 1 is 1.25 bits per heavy atom. The monoisotopic (exact) mass is 325 g/mol. The molecule has 6 heteroatoms. The zero-order chi connectivity index (χ0) is 16.4. The van der Waals surface area contributed by atoms with Crippen LogP contribution in [0, 0.1) is 12.8 Å². The van der Waals surface area contributed by atoms with Gasteiger partial charge in [-0.1, -0.05) is 0 Å². The number of pyridine rings is 1.